The minimum absolute atomic E-state index is 0.0701. The maximum absolute atomic E-state index is 11.6. The van der Waals surface area contributed by atoms with Gasteiger partial charge in [-0.1, -0.05) is 25.5 Å². The summed E-state index contributed by atoms with van der Waals surface area (Å²) < 4.78 is 0. The van der Waals surface area contributed by atoms with Crippen molar-refractivity contribution in [3.63, 3.8) is 0 Å². The number of carbonyl (C=O) groups excluding carboxylic acids is 2. The normalized spacial score (nSPS) is 26.4. The van der Waals surface area contributed by atoms with Crippen molar-refractivity contribution in [3.05, 3.63) is 12.2 Å². The molecule has 0 heterocycles. The van der Waals surface area contributed by atoms with E-state index in [-0.39, 0.29) is 22.9 Å². The molecule has 0 N–H and O–H groups in total. The zero-order valence-corrected chi connectivity index (χ0v) is 9.80. The number of Topliss-reactive ketones (excluding diaryl/α,β-unsaturated/α-hetero) is 1. The van der Waals surface area contributed by atoms with Crippen molar-refractivity contribution in [1.82, 2.24) is 0 Å². The summed E-state index contributed by atoms with van der Waals surface area (Å²) in [6.07, 6.45) is 7.80. The molecule has 1 saturated carbocycles. The van der Waals surface area contributed by atoms with E-state index in [1.807, 2.05) is 12.2 Å². The molecule has 1 aliphatic carbocycles. The van der Waals surface area contributed by atoms with Crippen molar-refractivity contribution in [1.29, 1.82) is 0 Å². The van der Waals surface area contributed by atoms with Gasteiger partial charge in [0, 0.05) is 18.8 Å². The van der Waals surface area contributed by atoms with Crippen LogP contribution in [0.2, 0.25) is 0 Å². The smallest absolute Gasteiger partial charge is 0.221 e. The van der Waals surface area contributed by atoms with Crippen molar-refractivity contribution < 1.29 is 9.59 Å². The van der Waals surface area contributed by atoms with E-state index in [0.29, 0.717) is 12.8 Å². The van der Waals surface area contributed by atoms with Gasteiger partial charge in [0.15, 0.2) is 0 Å². The van der Waals surface area contributed by atoms with Crippen molar-refractivity contribution in [2.75, 3.05) is 0 Å². The predicted molar refractivity (Wildman–Crippen MR) is 60.7 cm³/mol. The third-order valence-electron chi connectivity index (χ3n) is 2.86. The fourth-order valence-corrected chi connectivity index (χ4v) is 2.24. The molecule has 0 radical (unpaired) electrons. The average molecular weight is 229 g/mol. The van der Waals surface area contributed by atoms with Gasteiger partial charge in [-0.15, -0.1) is 0 Å². The van der Waals surface area contributed by atoms with Gasteiger partial charge in [0.05, 0.1) is 0 Å². The molecule has 3 heteroatoms. The van der Waals surface area contributed by atoms with E-state index in [0.717, 1.165) is 19.3 Å². The Hall–Kier alpha value is -0.630. The molecule has 0 aliphatic heterocycles. The number of hydrogen-bond donors (Lipinski definition) is 0. The van der Waals surface area contributed by atoms with E-state index in [2.05, 4.69) is 6.92 Å². The molecular weight excluding hydrogens is 212 g/mol. The summed E-state index contributed by atoms with van der Waals surface area (Å²) in [7, 11) is 0. The van der Waals surface area contributed by atoms with Gasteiger partial charge in [0.25, 0.3) is 0 Å². The minimum atomic E-state index is -0.330. The summed E-state index contributed by atoms with van der Waals surface area (Å²) in [4.78, 5) is 22.4. The maximum atomic E-state index is 11.6. The molecule has 1 fully saturated rings. The lowest BCUT2D eigenvalue weighted by Crippen LogP contribution is -2.14. The van der Waals surface area contributed by atoms with Gasteiger partial charge in [0.1, 0.15) is 5.78 Å². The lowest BCUT2D eigenvalue weighted by molar-refractivity contribution is -0.120. The molecule has 2 unspecified atom stereocenters. The van der Waals surface area contributed by atoms with Crippen LogP contribution >= 0.6 is 11.6 Å². The van der Waals surface area contributed by atoms with Gasteiger partial charge < -0.3 is 0 Å². The van der Waals surface area contributed by atoms with Gasteiger partial charge in [-0.3, -0.25) is 9.59 Å². The number of rotatable bonds is 5. The molecule has 2 nitrogen and oxygen atoms in total. The summed E-state index contributed by atoms with van der Waals surface area (Å²) in [5, 5.41) is -0.330. The number of halogens is 1. The SMILES string of the molecule is CCCC=CC1C(=O)CCC1CC(=O)Cl. The molecular formula is C12H17ClO2. The molecule has 0 aromatic carbocycles. The van der Waals surface area contributed by atoms with Gasteiger partial charge >= 0.3 is 0 Å². The van der Waals surface area contributed by atoms with Gasteiger partial charge in [0.2, 0.25) is 5.24 Å². The van der Waals surface area contributed by atoms with E-state index >= 15 is 0 Å². The third kappa shape index (κ3) is 3.78. The topological polar surface area (TPSA) is 34.1 Å². The largest absolute Gasteiger partial charge is 0.299 e. The molecule has 15 heavy (non-hydrogen) atoms. The molecule has 0 aromatic rings. The molecule has 0 aromatic heterocycles. The minimum Gasteiger partial charge on any atom is -0.299 e. The first-order valence-corrected chi connectivity index (χ1v) is 5.90. The quantitative estimate of drug-likeness (QED) is 0.535. The van der Waals surface area contributed by atoms with E-state index in [1.54, 1.807) is 0 Å². The highest BCUT2D eigenvalue weighted by Crippen LogP contribution is 2.33. The predicted octanol–water partition coefficient (Wildman–Crippen LogP) is 3.09. The zero-order chi connectivity index (χ0) is 11.3. The van der Waals surface area contributed by atoms with Crippen LogP contribution in [0.25, 0.3) is 0 Å². The van der Waals surface area contributed by atoms with Crippen molar-refractivity contribution in [2.45, 2.75) is 39.0 Å². The molecule has 0 spiro atoms. The van der Waals surface area contributed by atoms with Crippen LogP contribution in [0.5, 0.6) is 0 Å². The molecule has 2 atom stereocenters. The Bertz CT molecular complexity index is 271. The lowest BCUT2D eigenvalue weighted by Gasteiger charge is -2.12. The summed E-state index contributed by atoms with van der Waals surface area (Å²) in [5.41, 5.74) is 0. The van der Waals surface area contributed by atoms with Crippen molar-refractivity contribution in [2.24, 2.45) is 11.8 Å². The first kappa shape index (κ1) is 12.4. The Morgan fingerprint density at radius 2 is 2.33 bits per heavy atom. The second-order valence-electron chi connectivity index (χ2n) is 4.07. The van der Waals surface area contributed by atoms with E-state index in [9.17, 15) is 9.59 Å². The first-order chi connectivity index (χ1) is 7.15. The Labute approximate surface area is 95.7 Å². The summed E-state index contributed by atoms with van der Waals surface area (Å²) >= 11 is 5.36. The monoisotopic (exact) mass is 228 g/mol. The van der Waals surface area contributed by atoms with E-state index in [4.69, 9.17) is 11.6 Å². The second-order valence-corrected chi connectivity index (χ2v) is 4.49. The van der Waals surface area contributed by atoms with Crippen LogP contribution in [0.1, 0.15) is 39.0 Å². The fourth-order valence-electron chi connectivity index (χ4n) is 2.05. The second kappa shape index (κ2) is 6.06. The van der Waals surface area contributed by atoms with Crippen LogP contribution in [0.3, 0.4) is 0 Å². The van der Waals surface area contributed by atoms with Gasteiger partial charge in [-0.05, 0) is 30.4 Å². The molecule has 84 valence electrons. The average Bonchev–Trinajstić information content (AvgIpc) is 2.49. The summed E-state index contributed by atoms with van der Waals surface area (Å²) in [5.74, 6) is 0.320. The van der Waals surface area contributed by atoms with Crippen LogP contribution in [0, 0.1) is 11.8 Å². The molecule has 0 saturated heterocycles. The number of unbranched alkanes of at least 4 members (excludes halogenated alkanes) is 1. The molecule has 0 amide bonds. The summed E-state index contributed by atoms with van der Waals surface area (Å²) in [6.45, 7) is 2.10. The van der Waals surface area contributed by atoms with Gasteiger partial charge in [-0.25, -0.2) is 0 Å². The fraction of sp³-hybridized carbons (Fsp3) is 0.667. The zero-order valence-electron chi connectivity index (χ0n) is 9.04. The van der Waals surface area contributed by atoms with E-state index in [1.165, 1.54) is 0 Å². The first-order valence-electron chi connectivity index (χ1n) is 5.52. The lowest BCUT2D eigenvalue weighted by atomic mass is 9.92. The van der Waals surface area contributed by atoms with Crippen LogP contribution in [0.4, 0.5) is 0 Å². The van der Waals surface area contributed by atoms with Gasteiger partial charge in [-0.2, -0.15) is 0 Å². The number of hydrogen-bond acceptors (Lipinski definition) is 2. The highest BCUT2D eigenvalue weighted by Gasteiger charge is 2.33. The maximum Gasteiger partial charge on any atom is 0.221 e. The van der Waals surface area contributed by atoms with Crippen LogP contribution in [0.15, 0.2) is 12.2 Å². The van der Waals surface area contributed by atoms with Crippen LogP contribution in [-0.4, -0.2) is 11.0 Å². The molecule has 1 aliphatic rings. The highest BCUT2D eigenvalue weighted by molar-refractivity contribution is 6.63. The number of carbonyl (C=O) groups is 2. The van der Waals surface area contributed by atoms with Crippen LogP contribution < -0.4 is 0 Å². The Morgan fingerprint density at radius 1 is 1.60 bits per heavy atom. The summed E-state index contributed by atoms with van der Waals surface area (Å²) in [6, 6.07) is 0. The number of ketones is 1. The van der Waals surface area contributed by atoms with E-state index < -0.39 is 0 Å². The Morgan fingerprint density at radius 3 is 2.93 bits per heavy atom. The number of allylic oxidation sites excluding steroid dienone is 2. The third-order valence-corrected chi connectivity index (χ3v) is 3.02. The van der Waals surface area contributed by atoms with Crippen LogP contribution in [-0.2, 0) is 9.59 Å². The van der Waals surface area contributed by atoms with Crippen molar-refractivity contribution >= 4 is 22.6 Å². The molecule has 0 bridgehead atoms. The van der Waals surface area contributed by atoms with Crippen molar-refractivity contribution in [3.8, 4) is 0 Å². The molecule has 1 rings (SSSR count). The Kier molecular flexibility index (Phi) is 5.03. The standard InChI is InChI=1S/C12H17ClO2/c1-2-3-4-5-10-9(8-12(13)15)6-7-11(10)14/h4-5,9-10H,2-3,6-8H2,1H3. The Balaban J connectivity index is 2.56. The highest BCUT2D eigenvalue weighted by atomic mass is 35.5.